The molecular weight excluding hydrogens is 789 g/mol. The van der Waals surface area contributed by atoms with E-state index in [1.165, 1.54) is 43.5 Å². The van der Waals surface area contributed by atoms with E-state index in [2.05, 4.69) is 252 Å². The number of aromatic nitrogens is 1. The highest BCUT2D eigenvalue weighted by molar-refractivity contribution is 6.17. The van der Waals surface area contributed by atoms with Gasteiger partial charge in [0, 0.05) is 55.1 Å². The molecule has 65 heavy (non-hydrogen) atoms. The van der Waals surface area contributed by atoms with Gasteiger partial charge in [-0.05, 0) is 105 Å². The van der Waals surface area contributed by atoms with E-state index in [4.69, 9.17) is 4.42 Å². The maximum absolute atomic E-state index is 6.85. The first-order chi connectivity index (χ1) is 32.2. The third-order valence-electron chi connectivity index (χ3n) is 13.2. The fraction of sp³-hybridized carbons (Fsp3) is 0. The van der Waals surface area contributed by atoms with Crippen LogP contribution in [0.4, 0.5) is 17.1 Å². The van der Waals surface area contributed by atoms with Gasteiger partial charge in [0.05, 0.1) is 16.7 Å². The van der Waals surface area contributed by atoms with Crippen molar-refractivity contribution in [1.82, 2.24) is 4.57 Å². The Morgan fingerprint density at radius 2 is 0.892 bits per heavy atom. The molecule has 0 radical (unpaired) electrons. The van der Waals surface area contributed by atoms with Crippen molar-refractivity contribution in [3.63, 3.8) is 0 Å². The first kappa shape index (κ1) is 36.9. The normalized spacial score (nSPS) is 11.7. The number of anilines is 3. The lowest BCUT2D eigenvalue weighted by atomic mass is 9.97. The summed E-state index contributed by atoms with van der Waals surface area (Å²) in [4.78, 5) is 2.40. The minimum absolute atomic E-state index is 0.895. The van der Waals surface area contributed by atoms with Gasteiger partial charge in [0.2, 0.25) is 0 Å². The molecule has 0 bridgehead atoms. The van der Waals surface area contributed by atoms with Gasteiger partial charge in [0.15, 0.2) is 0 Å². The van der Waals surface area contributed by atoms with E-state index in [-0.39, 0.29) is 0 Å². The van der Waals surface area contributed by atoms with Gasteiger partial charge in [0.25, 0.3) is 0 Å². The third kappa shape index (κ3) is 6.12. The molecular formula is C62H40N2O. The molecule has 0 N–H and O–H groups in total. The highest BCUT2D eigenvalue weighted by atomic mass is 16.3. The SMILES string of the molecule is c1cc(-c2cccc3c2oc2c4ccccc4ccc32)cc(N(c2ccc(-c3cccc(-n4c5ccccc5c5ccccc54)c3)cc2)c2ccccc2-c2ccc3ccccc3c2)c1. The molecule has 2 aromatic heterocycles. The minimum Gasteiger partial charge on any atom is -0.455 e. The Morgan fingerprint density at radius 3 is 1.72 bits per heavy atom. The maximum atomic E-state index is 6.85. The first-order valence-electron chi connectivity index (χ1n) is 22.2. The van der Waals surface area contributed by atoms with Gasteiger partial charge in [-0.3, -0.25) is 0 Å². The van der Waals surface area contributed by atoms with Crippen molar-refractivity contribution in [1.29, 1.82) is 0 Å². The number of hydrogen-bond donors (Lipinski definition) is 0. The van der Waals surface area contributed by atoms with E-state index in [1.54, 1.807) is 0 Å². The molecule has 0 saturated carbocycles. The number of para-hydroxylation sites is 4. The molecule has 3 heteroatoms. The average molecular weight is 829 g/mol. The highest BCUT2D eigenvalue weighted by Gasteiger charge is 2.20. The minimum atomic E-state index is 0.895. The van der Waals surface area contributed by atoms with E-state index < -0.39 is 0 Å². The molecule has 304 valence electrons. The van der Waals surface area contributed by atoms with Crippen LogP contribution in [0.25, 0.3) is 104 Å². The van der Waals surface area contributed by atoms with Crippen molar-refractivity contribution >= 4 is 82.4 Å². The fourth-order valence-corrected chi connectivity index (χ4v) is 10.1. The van der Waals surface area contributed by atoms with Gasteiger partial charge in [0.1, 0.15) is 11.2 Å². The van der Waals surface area contributed by atoms with Crippen LogP contribution in [0.3, 0.4) is 0 Å². The van der Waals surface area contributed by atoms with E-state index in [0.717, 1.165) is 77.9 Å². The van der Waals surface area contributed by atoms with Gasteiger partial charge < -0.3 is 13.9 Å². The van der Waals surface area contributed by atoms with Crippen LogP contribution in [-0.2, 0) is 0 Å². The largest absolute Gasteiger partial charge is 0.455 e. The summed E-state index contributed by atoms with van der Waals surface area (Å²) in [6, 6.07) is 87.7. The van der Waals surface area contributed by atoms with E-state index in [0.29, 0.717) is 0 Å². The zero-order valence-corrected chi connectivity index (χ0v) is 35.4. The molecule has 3 nitrogen and oxygen atoms in total. The van der Waals surface area contributed by atoms with E-state index in [1.807, 2.05) is 0 Å². The smallest absolute Gasteiger partial charge is 0.143 e. The molecule has 13 rings (SSSR count). The second kappa shape index (κ2) is 15.0. The zero-order chi connectivity index (χ0) is 42.8. The van der Waals surface area contributed by atoms with Gasteiger partial charge in [-0.15, -0.1) is 0 Å². The Balaban J connectivity index is 0.953. The van der Waals surface area contributed by atoms with Gasteiger partial charge in [-0.2, -0.15) is 0 Å². The highest BCUT2D eigenvalue weighted by Crippen LogP contribution is 2.45. The molecule has 13 aromatic rings. The first-order valence-corrected chi connectivity index (χ1v) is 22.2. The molecule has 0 fully saturated rings. The topological polar surface area (TPSA) is 21.3 Å². The van der Waals surface area contributed by atoms with Crippen LogP contribution in [0.2, 0.25) is 0 Å². The Kier molecular flexibility index (Phi) is 8.53. The number of rotatable bonds is 7. The lowest BCUT2D eigenvalue weighted by Crippen LogP contribution is -2.11. The summed E-state index contributed by atoms with van der Waals surface area (Å²) in [6.07, 6.45) is 0. The number of furan rings is 1. The molecule has 0 aliphatic heterocycles. The molecule has 0 unspecified atom stereocenters. The lowest BCUT2D eigenvalue weighted by Gasteiger charge is -2.28. The van der Waals surface area contributed by atoms with Crippen molar-refractivity contribution in [2.24, 2.45) is 0 Å². The monoisotopic (exact) mass is 828 g/mol. The summed E-state index contributed by atoms with van der Waals surface area (Å²) < 4.78 is 9.23. The van der Waals surface area contributed by atoms with Gasteiger partial charge >= 0.3 is 0 Å². The van der Waals surface area contributed by atoms with Crippen LogP contribution in [0.15, 0.2) is 247 Å². The molecule has 0 aliphatic rings. The van der Waals surface area contributed by atoms with Gasteiger partial charge in [-0.1, -0.05) is 176 Å². The Hall–Kier alpha value is -8.66. The molecule has 0 saturated heterocycles. The van der Waals surface area contributed by atoms with Crippen molar-refractivity contribution in [3.05, 3.63) is 243 Å². The summed E-state index contributed by atoms with van der Waals surface area (Å²) in [5.74, 6) is 0. The van der Waals surface area contributed by atoms with Crippen LogP contribution in [-0.4, -0.2) is 4.57 Å². The number of fused-ring (bicyclic) bond motifs is 9. The quantitative estimate of drug-likeness (QED) is 0.160. The Morgan fingerprint density at radius 1 is 0.308 bits per heavy atom. The molecule has 0 amide bonds. The average Bonchev–Trinajstić information content (AvgIpc) is 3.93. The standard InChI is InChI=1S/C62H40N2O/c1-2-16-44-38-47(31-30-41(44)14-1)51-21-5-8-27-58(51)63(49-19-12-18-46(40-49)53-25-13-26-56-57-37-34-43-15-3-4-22-52(43)61(57)65-62(53)56)48-35-32-42(33-36-48)45-17-11-20-50(39-45)64-59-28-9-6-23-54(59)55-24-7-10-29-60(55)64/h1-40H. The molecule has 0 atom stereocenters. The van der Waals surface area contributed by atoms with Crippen molar-refractivity contribution in [3.8, 4) is 39.1 Å². The third-order valence-corrected chi connectivity index (χ3v) is 13.2. The summed E-state index contributed by atoms with van der Waals surface area (Å²) in [5.41, 5.74) is 15.3. The predicted molar refractivity (Wildman–Crippen MR) is 274 cm³/mol. The van der Waals surface area contributed by atoms with Crippen LogP contribution >= 0.6 is 0 Å². The van der Waals surface area contributed by atoms with Crippen LogP contribution in [0.1, 0.15) is 0 Å². The number of hydrogen-bond acceptors (Lipinski definition) is 2. The summed E-state index contributed by atoms with van der Waals surface area (Å²) in [6.45, 7) is 0. The maximum Gasteiger partial charge on any atom is 0.143 e. The fourth-order valence-electron chi connectivity index (χ4n) is 10.1. The summed E-state index contributed by atoms with van der Waals surface area (Å²) >= 11 is 0. The second-order valence-electron chi connectivity index (χ2n) is 16.9. The van der Waals surface area contributed by atoms with Crippen LogP contribution in [0, 0.1) is 0 Å². The Labute approximate surface area is 376 Å². The van der Waals surface area contributed by atoms with Crippen molar-refractivity contribution in [2.75, 3.05) is 4.90 Å². The second-order valence-corrected chi connectivity index (χ2v) is 16.9. The van der Waals surface area contributed by atoms with Crippen molar-refractivity contribution in [2.45, 2.75) is 0 Å². The van der Waals surface area contributed by atoms with Crippen molar-refractivity contribution < 1.29 is 4.42 Å². The predicted octanol–water partition coefficient (Wildman–Crippen LogP) is 17.5. The van der Waals surface area contributed by atoms with Crippen LogP contribution in [0.5, 0.6) is 0 Å². The number of benzene rings is 11. The lowest BCUT2D eigenvalue weighted by molar-refractivity contribution is 0.674. The molecule has 2 heterocycles. The van der Waals surface area contributed by atoms with E-state index in [9.17, 15) is 0 Å². The molecule has 0 spiro atoms. The molecule has 11 aromatic carbocycles. The summed E-state index contributed by atoms with van der Waals surface area (Å²) in [5, 5.41) is 9.50. The summed E-state index contributed by atoms with van der Waals surface area (Å²) in [7, 11) is 0. The van der Waals surface area contributed by atoms with Crippen LogP contribution < -0.4 is 4.90 Å². The van der Waals surface area contributed by atoms with Gasteiger partial charge in [-0.25, -0.2) is 0 Å². The van der Waals surface area contributed by atoms with E-state index >= 15 is 0 Å². The number of nitrogens with zero attached hydrogens (tertiary/aromatic N) is 2. The molecule has 0 aliphatic carbocycles. The zero-order valence-electron chi connectivity index (χ0n) is 35.4. The Bertz CT molecular complexity index is 3910.